The minimum atomic E-state index is 0.767. The Hall–Kier alpha value is -0.530. The van der Waals surface area contributed by atoms with Crippen molar-refractivity contribution in [1.29, 1.82) is 0 Å². The Balaban J connectivity index is 1.99. The molecule has 1 aromatic carbocycles. The Bertz CT molecular complexity index is 292. The van der Waals surface area contributed by atoms with Crippen molar-refractivity contribution in [3.05, 3.63) is 34.9 Å². The van der Waals surface area contributed by atoms with Crippen LogP contribution in [-0.4, -0.2) is 13.1 Å². The van der Waals surface area contributed by atoms with E-state index in [1.807, 2.05) is 12.1 Å². The van der Waals surface area contributed by atoms with Crippen LogP contribution >= 0.6 is 11.6 Å². The Kier molecular flexibility index (Phi) is 3.44. The lowest BCUT2D eigenvalue weighted by Crippen LogP contribution is -2.30. The molecule has 76 valence electrons. The number of benzene rings is 1. The maximum atomic E-state index is 6.12. The third-order valence-corrected chi connectivity index (χ3v) is 3.23. The van der Waals surface area contributed by atoms with Crippen LogP contribution in [0.15, 0.2) is 24.3 Å². The highest BCUT2D eigenvalue weighted by Gasteiger charge is 2.14. The molecule has 1 unspecified atom stereocenters. The summed E-state index contributed by atoms with van der Waals surface area (Å²) in [7, 11) is 0. The first-order chi connectivity index (χ1) is 6.86. The molecule has 0 aliphatic carbocycles. The molecule has 0 aromatic heterocycles. The van der Waals surface area contributed by atoms with Gasteiger partial charge in [-0.2, -0.15) is 0 Å². The van der Waals surface area contributed by atoms with Crippen molar-refractivity contribution in [3.8, 4) is 0 Å². The smallest absolute Gasteiger partial charge is 0.0438 e. The Morgan fingerprint density at radius 2 is 2.21 bits per heavy atom. The molecular formula is C12H16ClN. The van der Waals surface area contributed by atoms with Gasteiger partial charge < -0.3 is 5.32 Å². The topological polar surface area (TPSA) is 12.0 Å². The summed E-state index contributed by atoms with van der Waals surface area (Å²) >= 11 is 6.12. The van der Waals surface area contributed by atoms with E-state index in [4.69, 9.17) is 11.6 Å². The van der Waals surface area contributed by atoms with E-state index in [1.54, 1.807) is 0 Å². The fraction of sp³-hybridized carbons (Fsp3) is 0.500. The van der Waals surface area contributed by atoms with Gasteiger partial charge in [0, 0.05) is 5.02 Å². The second kappa shape index (κ2) is 4.81. The summed E-state index contributed by atoms with van der Waals surface area (Å²) in [5.74, 6) is 0.767. The van der Waals surface area contributed by atoms with E-state index in [0.717, 1.165) is 23.9 Å². The number of rotatable bonds is 2. The summed E-state index contributed by atoms with van der Waals surface area (Å²) < 4.78 is 0. The second-order valence-corrected chi connectivity index (χ2v) is 4.42. The number of nitrogens with one attached hydrogen (secondary N) is 1. The lowest BCUT2D eigenvalue weighted by molar-refractivity contribution is 0.376. The molecule has 1 nitrogen and oxygen atoms in total. The molecule has 0 amide bonds. The van der Waals surface area contributed by atoms with Crippen molar-refractivity contribution < 1.29 is 0 Å². The molecule has 1 heterocycles. The summed E-state index contributed by atoms with van der Waals surface area (Å²) in [6, 6.07) is 8.17. The first-order valence-corrected chi connectivity index (χ1v) is 5.68. The zero-order valence-electron chi connectivity index (χ0n) is 8.30. The van der Waals surface area contributed by atoms with Gasteiger partial charge in [-0.25, -0.2) is 0 Å². The van der Waals surface area contributed by atoms with Gasteiger partial charge in [0.2, 0.25) is 0 Å². The molecule has 14 heavy (non-hydrogen) atoms. The second-order valence-electron chi connectivity index (χ2n) is 4.01. The van der Waals surface area contributed by atoms with E-state index in [-0.39, 0.29) is 0 Å². The number of halogens is 1. The molecule has 1 aliphatic rings. The maximum absolute atomic E-state index is 6.12. The van der Waals surface area contributed by atoms with E-state index in [2.05, 4.69) is 17.4 Å². The standard InChI is InChI=1S/C12H16ClN/c13-12-6-2-1-5-11(12)8-10-4-3-7-14-9-10/h1-2,5-6,10,14H,3-4,7-9H2. The lowest BCUT2D eigenvalue weighted by Gasteiger charge is -2.22. The minimum absolute atomic E-state index is 0.767. The fourth-order valence-corrected chi connectivity index (χ4v) is 2.29. The summed E-state index contributed by atoms with van der Waals surface area (Å²) in [5.41, 5.74) is 1.29. The van der Waals surface area contributed by atoms with Crippen molar-refractivity contribution >= 4 is 11.6 Å². The normalized spacial score (nSPS) is 22.2. The zero-order chi connectivity index (χ0) is 9.80. The van der Waals surface area contributed by atoms with Crippen LogP contribution in [0, 0.1) is 5.92 Å². The first-order valence-electron chi connectivity index (χ1n) is 5.30. The van der Waals surface area contributed by atoms with Crippen LogP contribution in [-0.2, 0) is 6.42 Å². The lowest BCUT2D eigenvalue weighted by atomic mass is 9.92. The van der Waals surface area contributed by atoms with Crippen LogP contribution in [0.5, 0.6) is 0 Å². The van der Waals surface area contributed by atoms with E-state index >= 15 is 0 Å². The van der Waals surface area contributed by atoms with Crippen LogP contribution < -0.4 is 5.32 Å². The summed E-state index contributed by atoms with van der Waals surface area (Å²) in [6.45, 7) is 2.32. The van der Waals surface area contributed by atoms with Gasteiger partial charge >= 0.3 is 0 Å². The molecule has 1 saturated heterocycles. The van der Waals surface area contributed by atoms with Crippen molar-refractivity contribution in [3.63, 3.8) is 0 Å². The van der Waals surface area contributed by atoms with Gasteiger partial charge in [-0.3, -0.25) is 0 Å². The molecule has 0 spiro atoms. The Morgan fingerprint density at radius 1 is 1.36 bits per heavy atom. The molecule has 0 saturated carbocycles. The van der Waals surface area contributed by atoms with Crippen molar-refractivity contribution in [2.45, 2.75) is 19.3 Å². The molecule has 0 radical (unpaired) electrons. The van der Waals surface area contributed by atoms with Gasteiger partial charge in [0.15, 0.2) is 0 Å². The highest BCUT2D eigenvalue weighted by Crippen LogP contribution is 2.21. The highest BCUT2D eigenvalue weighted by atomic mass is 35.5. The van der Waals surface area contributed by atoms with E-state index in [0.29, 0.717) is 0 Å². The molecule has 0 bridgehead atoms. The summed E-state index contributed by atoms with van der Waals surface area (Å²) in [6.07, 6.45) is 3.75. The largest absolute Gasteiger partial charge is 0.316 e. The van der Waals surface area contributed by atoms with Gasteiger partial charge in [-0.15, -0.1) is 0 Å². The van der Waals surface area contributed by atoms with Crippen LogP contribution in [0.2, 0.25) is 5.02 Å². The Labute approximate surface area is 90.5 Å². The maximum Gasteiger partial charge on any atom is 0.0438 e. The Morgan fingerprint density at radius 3 is 2.93 bits per heavy atom. The fourth-order valence-electron chi connectivity index (χ4n) is 2.07. The van der Waals surface area contributed by atoms with E-state index < -0.39 is 0 Å². The van der Waals surface area contributed by atoms with Crippen molar-refractivity contribution in [2.24, 2.45) is 5.92 Å². The van der Waals surface area contributed by atoms with Crippen molar-refractivity contribution in [2.75, 3.05) is 13.1 Å². The molecule has 2 heteroatoms. The van der Waals surface area contributed by atoms with Crippen LogP contribution in [0.4, 0.5) is 0 Å². The average Bonchev–Trinajstić information content (AvgIpc) is 2.23. The van der Waals surface area contributed by atoms with Gasteiger partial charge in [0.05, 0.1) is 0 Å². The van der Waals surface area contributed by atoms with E-state index in [9.17, 15) is 0 Å². The van der Waals surface area contributed by atoms with Gasteiger partial charge in [-0.1, -0.05) is 29.8 Å². The molecule has 1 aliphatic heterocycles. The number of hydrogen-bond acceptors (Lipinski definition) is 1. The first kappa shape index (κ1) is 10.0. The van der Waals surface area contributed by atoms with Crippen LogP contribution in [0.25, 0.3) is 0 Å². The summed E-state index contributed by atoms with van der Waals surface area (Å²) in [5, 5.41) is 4.35. The molecule has 1 fully saturated rings. The summed E-state index contributed by atoms with van der Waals surface area (Å²) in [4.78, 5) is 0. The number of hydrogen-bond donors (Lipinski definition) is 1. The third kappa shape index (κ3) is 2.49. The number of piperidine rings is 1. The van der Waals surface area contributed by atoms with E-state index in [1.165, 1.54) is 24.9 Å². The third-order valence-electron chi connectivity index (χ3n) is 2.87. The SMILES string of the molecule is Clc1ccccc1CC1CCCNC1. The molecule has 1 aromatic rings. The molecule has 1 N–H and O–H groups in total. The van der Waals surface area contributed by atoms with Gasteiger partial charge in [0.1, 0.15) is 0 Å². The quantitative estimate of drug-likeness (QED) is 0.790. The minimum Gasteiger partial charge on any atom is -0.316 e. The van der Waals surface area contributed by atoms with Gasteiger partial charge in [0.25, 0.3) is 0 Å². The van der Waals surface area contributed by atoms with Gasteiger partial charge in [-0.05, 0) is 49.9 Å². The predicted octanol–water partition coefficient (Wildman–Crippen LogP) is 2.88. The van der Waals surface area contributed by atoms with Crippen LogP contribution in [0.1, 0.15) is 18.4 Å². The molecule has 1 atom stereocenters. The van der Waals surface area contributed by atoms with Crippen LogP contribution in [0.3, 0.4) is 0 Å². The van der Waals surface area contributed by atoms with Crippen molar-refractivity contribution in [1.82, 2.24) is 5.32 Å². The zero-order valence-corrected chi connectivity index (χ0v) is 9.06. The average molecular weight is 210 g/mol. The molecular weight excluding hydrogens is 194 g/mol. The monoisotopic (exact) mass is 209 g/mol. The predicted molar refractivity (Wildman–Crippen MR) is 60.7 cm³/mol. The highest BCUT2D eigenvalue weighted by molar-refractivity contribution is 6.31. The molecule has 2 rings (SSSR count).